The van der Waals surface area contributed by atoms with Crippen LogP contribution in [0.4, 0.5) is 36.1 Å². The Kier molecular flexibility index (Phi) is 10.2. The largest absolute Gasteiger partial charge is 0.454 e. The van der Waals surface area contributed by atoms with Gasteiger partial charge < -0.3 is 29.5 Å². The predicted octanol–water partition coefficient (Wildman–Crippen LogP) is 5.32. The molecule has 7 rings (SSSR count). The third-order valence-electron chi connectivity index (χ3n) is 9.73. The fraction of sp³-hybridized carbons (Fsp3) is 0.342. The second-order valence-electron chi connectivity index (χ2n) is 13.1. The first kappa shape index (κ1) is 35.1. The summed E-state index contributed by atoms with van der Waals surface area (Å²) in [6.07, 6.45) is -2.95. The maximum absolute atomic E-state index is 13.2. The van der Waals surface area contributed by atoms with Crippen molar-refractivity contribution in [3.8, 4) is 11.5 Å². The highest BCUT2D eigenvalue weighted by Gasteiger charge is 2.30. The number of nitrogens with one attached hydrogen (secondary N) is 1. The number of ether oxygens (including phenoxy) is 2. The number of nitrogens with zero attached hydrogens (tertiary/aromatic N) is 6. The Bertz CT molecular complexity index is 1860. The van der Waals surface area contributed by atoms with Crippen LogP contribution < -0.4 is 24.6 Å². The molecule has 14 heteroatoms. The van der Waals surface area contributed by atoms with Crippen molar-refractivity contribution in [2.75, 3.05) is 87.9 Å². The third-order valence-corrected chi connectivity index (χ3v) is 9.73. The van der Waals surface area contributed by atoms with Gasteiger partial charge >= 0.3 is 6.18 Å². The van der Waals surface area contributed by atoms with Crippen LogP contribution in [0.3, 0.4) is 0 Å². The molecule has 0 spiro atoms. The summed E-state index contributed by atoms with van der Waals surface area (Å²) < 4.78 is 49.4. The van der Waals surface area contributed by atoms with Gasteiger partial charge in [0.1, 0.15) is 5.82 Å². The Morgan fingerprint density at radius 1 is 0.808 bits per heavy atom. The van der Waals surface area contributed by atoms with Crippen LogP contribution >= 0.6 is 0 Å². The van der Waals surface area contributed by atoms with E-state index in [0.29, 0.717) is 18.1 Å². The van der Waals surface area contributed by atoms with Gasteiger partial charge in [0.25, 0.3) is 5.91 Å². The molecular weight excluding hydrogens is 675 g/mol. The van der Waals surface area contributed by atoms with Gasteiger partial charge in [-0.1, -0.05) is 6.07 Å². The van der Waals surface area contributed by atoms with Gasteiger partial charge in [-0.25, -0.2) is 4.98 Å². The van der Waals surface area contributed by atoms with E-state index in [1.54, 1.807) is 12.1 Å². The summed E-state index contributed by atoms with van der Waals surface area (Å²) in [7, 11) is 1.90. The van der Waals surface area contributed by atoms with Crippen LogP contribution in [0.25, 0.3) is 0 Å². The van der Waals surface area contributed by atoms with Crippen molar-refractivity contribution >= 4 is 34.7 Å². The lowest BCUT2D eigenvalue weighted by molar-refractivity contribution is -0.137. The topological polar surface area (TPSA) is 93.7 Å². The molecule has 2 amide bonds. The Morgan fingerprint density at radius 3 is 2.17 bits per heavy atom. The van der Waals surface area contributed by atoms with Crippen molar-refractivity contribution < 1.29 is 32.2 Å². The SMILES string of the molecule is CN(c1ccc(N2CCN(CC(=O)N3CCN(Cc4ccc5c(c4)OCO5)CC3)CC2)cc1)c1ccc(NC(=O)c2ccc(C(F)(F)F)cc2)cn1. The number of pyridine rings is 1. The number of carbonyl (C=O) groups is 2. The normalized spacial score (nSPS) is 16.5. The van der Waals surface area contributed by atoms with Crippen molar-refractivity contribution in [2.24, 2.45) is 0 Å². The van der Waals surface area contributed by atoms with Gasteiger partial charge in [0.05, 0.1) is 24.0 Å². The number of fused-ring (bicyclic) bond motifs is 1. The summed E-state index contributed by atoms with van der Waals surface area (Å²) in [5, 5.41) is 2.67. The zero-order valence-corrected chi connectivity index (χ0v) is 28.8. The number of piperazine rings is 2. The Hall–Kier alpha value is -5.34. The molecule has 0 radical (unpaired) electrons. The van der Waals surface area contributed by atoms with E-state index in [2.05, 4.69) is 43.2 Å². The molecule has 4 heterocycles. The van der Waals surface area contributed by atoms with Crippen LogP contribution in [0.5, 0.6) is 11.5 Å². The van der Waals surface area contributed by atoms with Crippen LogP contribution in [0.2, 0.25) is 0 Å². The number of alkyl halides is 3. The first-order valence-electron chi connectivity index (χ1n) is 17.2. The molecule has 0 bridgehead atoms. The van der Waals surface area contributed by atoms with Gasteiger partial charge in [-0.15, -0.1) is 0 Å². The minimum absolute atomic E-state index is 0.115. The van der Waals surface area contributed by atoms with Gasteiger partial charge in [-0.3, -0.25) is 19.4 Å². The summed E-state index contributed by atoms with van der Waals surface area (Å²) in [4.78, 5) is 41.0. The maximum Gasteiger partial charge on any atom is 0.416 e. The monoisotopic (exact) mass is 715 g/mol. The molecule has 3 aliphatic rings. The van der Waals surface area contributed by atoms with E-state index in [-0.39, 0.29) is 18.3 Å². The number of aromatic nitrogens is 1. The summed E-state index contributed by atoms with van der Waals surface area (Å²) in [5.41, 5.74) is 2.95. The Balaban J connectivity index is 0.837. The lowest BCUT2D eigenvalue weighted by atomic mass is 10.1. The second kappa shape index (κ2) is 15.1. The first-order chi connectivity index (χ1) is 25.1. The van der Waals surface area contributed by atoms with Gasteiger partial charge in [0.2, 0.25) is 12.7 Å². The summed E-state index contributed by atoms with van der Waals surface area (Å²) in [6.45, 7) is 7.93. The van der Waals surface area contributed by atoms with Crippen molar-refractivity contribution in [2.45, 2.75) is 12.7 Å². The number of benzene rings is 3. The molecule has 0 saturated carbocycles. The molecule has 2 saturated heterocycles. The van der Waals surface area contributed by atoms with Crippen LogP contribution in [0.15, 0.2) is 85.1 Å². The summed E-state index contributed by atoms with van der Waals surface area (Å²) in [6, 6.07) is 21.8. The zero-order valence-electron chi connectivity index (χ0n) is 28.8. The van der Waals surface area contributed by atoms with Crippen LogP contribution in [0, 0.1) is 0 Å². The van der Waals surface area contributed by atoms with Crippen molar-refractivity contribution in [3.63, 3.8) is 0 Å². The Morgan fingerprint density at radius 2 is 1.50 bits per heavy atom. The molecule has 2 fully saturated rings. The molecule has 3 aromatic carbocycles. The van der Waals surface area contributed by atoms with Gasteiger partial charge in [-0.2, -0.15) is 13.2 Å². The van der Waals surface area contributed by atoms with E-state index >= 15 is 0 Å². The molecule has 0 aliphatic carbocycles. The quantitative estimate of drug-likeness (QED) is 0.248. The fourth-order valence-electron chi connectivity index (χ4n) is 6.60. The van der Waals surface area contributed by atoms with E-state index in [4.69, 9.17) is 9.47 Å². The van der Waals surface area contributed by atoms with E-state index in [1.165, 1.54) is 11.8 Å². The number of anilines is 4. The molecule has 0 atom stereocenters. The summed E-state index contributed by atoms with van der Waals surface area (Å²) >= 11 is 0. The highest BCUT2D eigenvalue weighted by molar-refractivity contribution is 6.04. The number of hydrogen-bond donors (Lipinski definition) is 1. The second-order valence-corrected chi connectivity index (χ2v) is 13.1. The predicted molar refractivity (Wildman–Crippen MR) is 191 cm³/mol. The molecule has 4 aromatic rings. The molecule has 1 N–H and O–H groups in total. The van der Waals surface area contributed by atoms with Crippen molar-refractivity contribution in [1.82, 2.24) is 19.7 Å². The molecule has 52 heavy (non-hydrogen) atoms. The number of hydrogen-bond acceptors (Lipinski definition) is 9. The van der Waals surface area contributed by atoms with E-state index in [9.17, 15) is 22.8 Å². The molecule has 0 unspecified atom stereocenters. The van der Waals surface area contributed by atoms with E-state index < -0.39 is 17.6 Å². The van der Waals surface area contributed by atoms with Crippen LogP contribution in [-0.2, 0) is 17.5 Å². The molecule has 1 aromatic heterocycles. The number of carbonyl (C=O) groups excluding carboxylic acids is 2. The molecule has 3 aliphatic heterocycles. The molecular formula is C38H40F3N7O4. The lowest BCUT2D eigenvalue weighted by Gasteiger charge is -2.38. The standard InChI is InChI=1S/C38H40F3N7O4/c1-44(35-13-7-30(23-42-35)43-37(50)28-3-5-29(6-4-28)38(39,40)41)31-8-10-32(11-9-31)47-18-14-46(15-19-47)25-36(49)48-20-16-45(17-21-48)24-27-2-12-33-34(22-27)52-26-51-33/h2-13,22-23H,14-21,24-26H2,1H3,(H,43,50). The van der Waals surface area contributed by atoms with Gasteiger partial charge in [0.15, 0.2) is 11.5 Å². The minimum atomic E-state index is -4.46. The summed E-state index contributed by atoms with van der Waals surface area (Å²) in [5.74, 6) is 1.90. The van der Waals surface area contributed by atoms with Crippen molar-refractivity contribution in [1.29, 1.82) is 0 Å². The van der Waals surface area contributed by atoms with E-state index in [1.807, 2.05) is 41.1 Å². The highest BCUT2D eigenvalue weighted by atomic mass is 19.4. The van der Waals surface area contributed by atoms with Gasteiger partial charge in [-0.05, 0) is 78.4 Å². The van der Waals surface area contributed by atoms with Crippen LogP contribution in [-0.4, -0.2) is 104 Å². The maximum atomic E-state index is 13.2. The van der Waals surface area contributed by atoms with Gasteiger partial charge in [0, 0.05) is 82.9 Å². The Labute approximate surface area is 300 Å². The molecule has 272 valence electrons. The number of rotatable bonds is 9. The molecule has 11 nitrogen and oxygen atoms in total. The average Bonchev–Trinajstić information content (AvgIpc) is 3.63. The highest BCUT2D eigenvalue weighted by Crippen LogP contribution is 2.33. The minimum Gasteiger partial charge on any atom is -0.454 e. The first-order valence-corrected chi connectivity index (χ1v) is 17.2. The van der Waals surface area contributed by atoms with Crippen molar-refractivity contribution in [3.05, 3.63) is 102 Å². The third kappa shape index (κ3) is 8.24. The zero-order chi connectivity index (χ0) is 36.2. The fourth-order valence-corrected chi connectivity index (χ4v) is 6.60. The number of halogens is 3. The van der Waals surface area contributed by atoms with E-state index in [0.717, 1.165) is 106 Å². The lowest BCUT2D eigenvalue weighted by Crippen LogP contribution is -2.53. The average molecular weight is 716 g/mol. The number of amides is 2. The smallest absolute Gasteiger partial charge is 0.416 e. The van der Waals surface area contributed by atoms with Crippen LogP contribution in [0.1, 0.15) is 21.5 Å².